The number of rotatable bonds is 2. The van der Waals surface area contributed by atoms with Crippen molar-refractivity contribution in [1.29, 1.82) is 0 Å². The van der Waals surface area contributed by atoms with Crippen molar-refractivity contribution in [2.24, 2.45) is 5.10 Å². The summed E-state index contributed by atoms with van der Waals surface area (Å²) in [7, 11) is 0. The second-order valence-electron chi connectivity index (χ2n) is 5.44. The lowest BCUT2D eigenvalue weighted by atomic mass is 10.1. The molecule has 2 heterocycles. The van der Waals surface area contributed by atoms with Crippen molar-refractivity contribution >= 4 is 17.5 Å². The third-order valence-corrected chi connectivity index (χ3v) is 4.65. The van der Waals surface area contributed by atoms with Gasteiger partial charge in [0.05, 0.1) is 5.71 Å². The van der Waals surface area contributed by atoms with E-state index in [4.69, 9.17) is 0 Å². The normalized spacial score (nSPS) is 13.5. The Balaban J connectivity index is 1.80. The van der Waals surface area contributed by atoms with E-state index in [2.05, 4.69) is 15.3 Å². The Bertz CT molecular complexity index is 948. The number of aryl methyl sites for hydroxylation is 1. The Hall–Kier alpha value is -2.54. The highest BCUT2D eigenvalue weighted by atomic mass is 32.2. The Labute approximate surface area is 141 Å². The average Bonchev–Trinajstić information content (AvgIpc) is 2.99. The summed E-state index contributed by atoms with van der Waals surface area (Å²) in [5.74, 6) is -0.181. The van der Waals surface area contributed by atoms with E-state index in [0.717, 1.165) is 17.2 Å². The van der Waals surface area contributed by atoms with E-state index < -0.39 is 11.6 Å². The van der Waals surface area contributed by atoms with Gasteiger partial charge >= 0.3 is 0 Å². The largest absolute Gasteiger partial charge is 0.212 e. The van der Waals surface area contributed by atoms with Crippen molar-refractivity contribution < 1.29 is 8.78 Å². The maximum Gasteiger partial charge on any atom is 0.212 e. The first-order chi connectivity index (χ1) is 11.6. The molecule has 0 aliphatic carbocycles. The molecule has 0 saturated carbocycles. The number of benzene rings is 2. The average molecular weight is 342 g/mol. The lowest BCUT2D eigenvalue weighted by Gasteiger charge is -2.14. The molecular formula is C17H12F2N4S. The number of hydrogen-bond acceptors (Lipinski definition) is 4. The molecule has 120 valence electrons. The number of nitrogens with zero attached hydrogens (tertiary/aromatic N) is 4. The SMILES string of the molecule is Cc1ccc(-c2nnc3n2N=C(c2ccc(F)cc2F)CS3)cc1. The third kappa shape index (κ3) is 2.60. The molecule has 0 atom stereocenters. The van der Waals surface area contributed by atoms with Gasteiger partial charge in [-0.1, -0.05) is 41.6 Å². The molecule has 0 amide bonds. The van der Waals surface area contributed by atoms with Gasteiger partial charge in [-0.3, -0.25) is 0 Å². The highest BCUT2D eigenvalue weighted by Gasteiger charge is 2.22. The van der Waals surface area contributed by atoms with Crippen molar-refractivity contribution in [3.05, 3.63) is 65.2 Å². The second-order valence-corrected chi connectivity index (χ2v) is 6.39. The first kappa shape index (κ1) is 15.0. The van der Waals surface area contributed by atoms with Crippen molar-refractivity contribution in [1.82, 2.24) is 14.9 Å². The van der Waals surface area contributed by atoms with Gasteiger partial charge in [0.2, 0.25) is 5.16 Å². The molecule has 1 aliphatic rings. The molecule has 0 fully saturated rings. The van der Waals surface area contributed by atoms with E-state index in [-0.39, 0.29) is 5.56 Å². The summed E-state index contributed by atoms with van der Waals surface area (Å²) in [5, 5.41) is 13.5. The highest BCUT2D eigenvalue weighted by molar-refractivity contribution is 7.99. The van der Waals surface area contributed by atoms with E-state index in [1.807, 2.05) is 31.2 Å². The molecule has 0 radical (unpaired) electrons. The molecule has 0 spiro atoms. The monoisotopic (exact) mass is 342 g/mol. The summed E-state index contributed by atoms with van der Waals surface area (Å²) < 4.78 is 28.8. The van der Waals surface area contributed by atoms with Crippen molar-refractivity contribution in [2.75, 3.05) is 5.75 Å². The second kappa shape index (κ2) is 5.83. The summed E-state index contributed by atoms with van der Waals surface area (Å²) >= 11 is 1.42. The van der Waals surface area contributed by atoms with Crippen LogP contribution in [0.1, 0.15) is 11.1 Å². The zero-order chi connectivity index (χ0) is 16.7. The Kier molecular flexibility index (Phi) is 3.65. The van der Waals surface area contributed by atoms with Crippen molar-refractivity contribution in [2.45, 2.75) is 12.1 Å². The summed E-state index contributed by atoms with van der Waals surface area (Å²) in [4.78, 5) is 0. The quantitative estimate of drug-likeness (QED) is 0.710. The van der Waals surface area contributed by atoms with Crippen LogP contribution >= 0.6 is 11.8 Å². The maximum atomic E-state index is 14.0. The fourth-order valence-electron chi connectivity index (χ4n) is 2.47. The molecule has 1 aliphatic heterocycles. The van der Waals surface area contributed by atoms with E-state index in [0.29, 0.717) is 22.4 Å². The zero-order valence-corrected chi connectivity index (χ0v) is 13.5. The van der Waals surface area contributed by atoms with Gasteiger partial charge in [0.1, 0.15) is 11.6 Å². The van der Waals surface area contributed by atoms with Crippen molar-refractivity contribution in [3.63, 3.8) is 0 Å². The molecule has 0 unspecified atom stereocenters. The van der Waals surface area contributed by atoms with Crippen LogP contribution in [0, 0.1) is 18.6 Å². The fourth-order valence-corrected chi connectivity index (χ4v) is 3.29. The zero-order valence-electron chi connectivity index (χ0n) is 12.7. The van der Waals surface area contributed by atoms with Crippen LogP contribution in [0.5, 0.6) is 0 Å². The van der Waals surface area contributed by atoms with Crippen LogP contribution in [0.2, 0.25) is 0 Å². The van der Waals surface area contributed by atoms with E-state index >= 15 is 0 Å². The van der Waals surface area contributed by atoms with Gasteiger partial charge in [-0.25, -0.2) is 8.78 Å². The third-order valence-electron chi connectivity index (χ3n) is 3.72. The van der Waals surface area contributed by atoms with Gasteiger partial charge in [-0.05, 0) is 19.1 Å². The van der Waals surface area contributed by atoms with Gasteiger partial charge in [0, 0.05) is 22.9 Å². The lowest BCUT2D eigenvalue weighted by molar-refractivity contribution is 0.581. The standard InChI is InChI=1S/C17H12F2N4S/c1-10-2-4-11(5-3-10)16-20-21-17-23(16)22-15(9-24-17)13-7-6-12(18)8-14(13)19/h2-8H,9H2,1H3. The molecule has 0 N–H and O–H groups in total. The van der Waals surface area contributed by atoms with Gasteiger partial charge in [0.15, 0.2) is 5.82 Å². The molecule has 24 heavy (non-hydrogen) atoms. The minimum Gasteiger partial charge on any atom is -0.207 e. The number of thioether (sulfide) groups is 1. The van der Waals surface area contributed by atoms with Crippen LogP contribution in [-0.2, 0) is 0 Å². The number of aromatic nitrogens is 3. The summed E-state index contributed by atoms with van der Waals surface area (Å²) in [5.41, 5.74) is 2.84. The predicted octanol–water partition coefficient (Wildman–Crippen LogP) is 3.89. The number of halogens is 2. The summed E-state index contributed by atoms with van der Waals surface area (Å²) in [6, 6.07) is 11.4. The van der Waals surface area contributed by atoms with E-state index in [1.165, 1.54) is 23.9 Å². The smallest absolute Gasteiger partial charge is 0.207 e. The molecule has 4 nitrogen and oxygen atoms in total. The van der Waals surface area contributed by atoms with Crippen LogP contribution in [-0.4, -0.2) is 26.3 Å². The molecule has 7 heteroatoms. The fraction of sp³-hybridized carbons (Fsp3) is 0.118. The van der Waals surface area contributed by atoms with Gasteiger partial charge in [0.25, 0.3) is 0 Å². The molecule has 2 aromatic carbocycles. The Morgan fingerprint density at radius 3 is 2.58 bits per heavy atom. The summed E-state index contributed by atoms with van der Waals surface area (Å²) in [6.45, 7) is 2.01. The first-order valence-electron chi connectivity index (χ1n) is 7.30. The van der Waals surface area contributed by atoms with Gasteiger partial charge < -0.3 is 0 Å². The van der Waals surface area contributed by atoms with E-state index in [1.54, 1.807) is 4.68 Å². The predicted molar refractivity (Wildman–Crippen MR) is 89.2 cm³/mol. The Morgan fingerprint density at radius 1 is 1.04 bits per heavy atom. The molecular weight excluding hydrogens is 330 g/mol. The summed E-state index contributed by atoms with van der Waals surface area (Å²) in [6.07, 6.45) is 0. The first-order valence-corrected chi connectivity index (χ1v) is 8.29. The van der Waals surface area contributed by atoms with Gasteiger partial charge in [-0.15, -0.1) is 10.2 Å². The molecule has 0 bridgehead atoms. The molecule has 0 saturated heterocycles. The van der Waals surface area contributed by atoms with Crippen molar-refractivity contribution in [3.8, 4) is 11.4 Å². The van der Waals surface area contributed by atoms with Crippen LogP contribution in [0.25, 0.3) is 11.4 Å². The van der Waals surface area contributed by atoms with Crippen LogP contribution in [0.3, 0.4) is 0 Å². The number of hydrogen-bond donors (Lipinski definition) is 0. The van der Waals surface area contributed by atoms with Crippen LogP contribution in [0.4, 0.5) is 8.78 Å². The van der Waals surface area contributed by atoms with Crippen LogP contribution in [0.15, 0.2) is 52.7 Å². The Morgan fingerprint density at radius 2 is 1.83 bits per heavy atom. The topological polar surface area (TPSA) is 43.1 Å². The van der Waals surface area contributed by atoms with E-state index in [9.17, 15) is 8.78 Å². The van der Waals surface area contributed by atoms with Gasteiger partial charge in [-0.2, -0.15) is 9.78 Å². The van der Waals surface area contributed by atoms with Crippen LogP contribution < -0.4 is 0 Å². The minimum atomic E-state index is -0.622. The molecule has 1 aromatic heterocycles. The highest BCUT2D eigenvalue weighted by Crippen LogP contribution is 2.29. The number of fused-ring (bicyclic) bond motifs is 1. The minimum absolute atomic E-state index is 0.290. The molecule has 3 aromatic rings. The molecule has 4 rings (SSSR count). The maximum absolute atomic E-state index is 14.0. The lowest BCUT2D eigenvalue weighted by Crippen LogP contribution is -2.15.